The molecule has 2 saturated carbocycles. The largest absolute Gasteiger partial charge is 0.396 e. The standard InChI is InChI=1S/C52H78N2O7/c1-35(2)27-46(57)61-34-44(14-9-11-37(4)42-16-15-36(3)32-54-50(6,23-26-60-8)30-40-13-10-12-39(28-40)29-42)45-19-21-52(49(45)58)48-41(20-25-55)17-18-43(47(48)38(5)33-56)31-51(52,59)22-24-53-7/h9-15,17-18,28,33,35,41-43,45-46,48-49,53-55,57-59H,4,16,19-27,29-32,34H2,1-3,5-8H3/t41-,42+,43-,45+,46-,48+,49+,50-,51+,52+/m0/s1. The van der Waals surface area contributed by atoms with Crippen LogP contribution in [0.1, 0.15) is 97.1 Å². The molecule has 338 valence electrons. The molecule has 9 heteroatoms. The zero-order valence-electron chi connectivity index (χ0n) is 38.3. The lowest BCUT2D eigenvalue weighted by atomic mass is 9.45. The third kappa shape index (κ3) is 11.6. The van der Waals surface area contributed by atoms with Gasteiger partial charge in [-0.3, -0.25) is 4.79 Å². The summed E-state index contributed by atoms with van der Waals surface area (Å²) in [5.74, 6) is -0.592. The number of carbonyl (C=O) groups is 1. The zero-order chi connectivity index (χ0) is 44.4. The van der Waals surface area contributed by atoms with Crippen LogP contribution in [0, 0.1) is 40.9 Å². The quantitative estimate of drug-likeness (QED) is 0.0294. The van der Waals surface area contributed by atoms with E-state index in [0.29, 0.717) is 57.2 Å². The van der Waals surface area contributed by atoms with Gasteiger partial charge < -0.3 is 40.5 Å². The van der Waals surface area contributed by atoms with Gasteiger partial charge in [0.2, 0.25) is 0 Å². The van der Waals surface area contributed by atoms with Crippen molar-refractivity contribution < 1.29 is 34.7 Å². The van der Waals surface area contributed by atoms with Crippen LogP contribution < -0.4 is 10.6 Å². The minimum atomic E-state index is -1.24. The van der Waals surface area contributed by atoms with Crippen LogP contribution in [0.4, 0.5) is 0 Å². The maximum Gasteiger partial charge on any atom is 0.155 e. The Balaban J connectivity index is 1.50. The Labute approximate surface area is 367 Å². The van der Waals surface area contributed by atoms with Crippen LogP contribution in [0.15, 0.2) is 95.2 Å². The predicted octanol–water partition coefficient (Wildman–Crippen LogP) is 7.36. The number of allylic oxidation sites excluding steroid dienone is 9. The van der Waals surface area contributed by atoms with Crippen molar-refractivity contribution >= 4 is 6.29 Å². The van der Waals surface area contributed by atoms with E-state index < -0.39 is 23.4 Å². The third-order valence-electron chi connectivity index (χ3n) is 14.6. The molecule has 1 aromatic rings. The number of aldehydes is 1. The summed E-state index contributed by atoms with van der Waals surface area (Å²) in [5, 5.41) is 54.2. The first-order valence-electron chi connectivity index (χ1n) is 23.0. The molecule has 4 bridgehead atoms. The van der Waals surface area contributed by atoms with Crippen molar-refractivity contribution in [2.45, 2.75) is 122 Å². The molecule has 1 aromatic carbocycles. The van der Waals surface area contributed by atoms with Crippen molar-refractivity contribution in [3.8, 4) is 0 Å². The first-order valence-corrected chi connectivity index (χ1v) is 23.0. The molecule has 1 aliphatic heterocycles. The number of hydrogen-bond acceptors (Lipinski definition) is 9. The van der Waals surface area contributed by atoms with Crippen LogP contribution in [0.2, 0.25) is 0 Å². The van der Waals surface area contributed by atoms with Crippen LogP contribution in [-0.2, 0) is 27.1 Å². The molecule has 61 heavy (non-hydrogen) atoms. The van der Waals surface area contributed by atoms with Crippen molar-refractivity contribution in [3.63, 3.8) is 0 Å². The van der Waals surface area contributed by atoms with Gasteiger partial charge >= 0.3 is 0 Å². The van der Waals surface area contributed by atoms with Crippen molar-refractivity contribution in [3.05, 3.63) is 106 Å². The molecule has 1 spiro atoms. The lowest BCUT2D eigenvalue weighted by Gasteiger charge is -2.61. The van der Waals surface area contributed by atoms with Gasteiger partial charge in [-0.25, -0.2) is 0 Å². The van der Waals surface area contributed by atoms with Crippen molar-refractivity contribution in [2.24, 2.45) is 40.9 Å². The predicted molar refractivity (Wildman–Crippen MR) is 246 cm³/mol. The van der Waals surface area contributed by atoms with E-state index >= 15 is 0 Å². The highest BCUT2D eigenvalue weighted by atomic mass is 16.6. The fraction of sp³-hybridized carbons (Fsp3) is 0.635. The van der Waals surface area contributed by atoms with Gasteiger partial charge in [0.15, 0.2) is 6.29 Å². The van der Waals surface area contributed by atoms with E-state index in [0.717, 1.165) is 55.2 Å². The number of fused-ring (bicyclic) bond motifs is 5. The van der Waals surface area contributed by atoms with E-state index in [1.807, 2.05) is 40.0 Å². The molecule has 0 amide bonds. The molecule has 6 N–H and O–H groups in total. The van der Waals surface area contributed by atoms with E-state index in [1.165, 1.54) is 16.7 Å². The van der Waals surface area contributed by atoms with E-state index in [2.05, 4.69) is 79.6 Å². The van der Waals surface area contributed by atoms with Crippen molar-refractivity contribution in [1.29, 1.82) is 0 Å². The summed E-state index contributed by atoms with van der Waals surface area (Å²) >= 11 is 0. The van der Waals surface area contributed by atoms with E-state index in [1.54, 1.807) is 7.11 Å². The topological polar surface area (TPSA) is 141 Å². The molecule has 0 aromatic heterocycles. The minimum absolute atomic E-state index is 0.0391. The number of ether oxygens (including phenoxy) is 2. The first-order chi connectivity index (χ1) is 29.1. The summed E-state index contributed by atoms with van der Waals surface area (Å²) in [5.41, 5.74) is 5.02. The highest BCUT2D eigenvalue weighted by molar-refractivity contribution is 5.74. The van der Waals surface area contributed by atoms with E-state index in [-0.39, 0.29) is 54.3 Å². The number of carbonyl (C=O) groups excluding carboxylic acids is 1. The Bertz CT molecular complexity index is 1800. The van der Waals surface area contributed by atoms with Crippen LogP contribution in [-0.4, -0.2) is 97.3 Å². The average Bonchev–Trinajstić information content (AvgIpc) is 3.57. The molecule has 5 rings (SSSR count). The molecule has 4 aliphatic rings. The van der Waals surface area contributed by atoms with Gasteiger partial charge in [-0.05, 0) is 138 Å². The lowest BCUT2D eigenvalue weighted by Crippen LogP contribution is -2.65. The summed E-state index contributed by atoms with van der Waals surface area (Å²) in [6.07, 6.45) is 18.1. The lowest BCUT2D eigenvalue weighted by molar-refractivity contribution is -0.194. The molecule has 2 fully saturated rings. The molecule has 0 unspecified atom stereocenters. The van der Waals surface area contributed by atoms with Gasteiger partial charge in [-0.15, -0.1) is 0 Å². The maximum atomic E-state index is 13.0. The van der Waals surface area contributed by atoms with Crippen molar-refractivity contribution in [2.75, 3.05) is 47.1 Å². The molecule has 0 radical (unpaired) electrons. The normalized spacial score (nSPS) is 33.4. The number of aliphatic hydroxyl groups is 4. The Morgan fingerprint density at radius 2 is 1.95 bits per heavy atom. The summed E-state index contributed by atoms with van der Waals surface area (Å²) in [4.78, 5) is 12.5. The molecule has 1 heterocycles. The number of benzene rings is 1. The van der Waals surface area contributed by atoms with Crippen LogP contribution in [0.25, 0.3) is 0 Å². The Kier molecular flexibility index (Phi) is 17.7. The van der Waals surface area contributed by atoms with Crippen LogP contribution in [0.3, 0.4) is 0 Å². The van der Waals surface area contributed by atoms with Gasteiger partial charge in [-0.2, -0.15) is 0 Å². The summed E-state index contributed by atoms with van der Waals surface area (Å²) in [6.45, 7) is 17.2. The smallest absolute Gasteiger partial charge is 0.155 e. The summed E-state index contributed by atoms with van der Waals surface area (Å²) in [6, 6.07) is 8.92. The van der Waals surface area contributed by atoms with Gasteiger partial charge in [0.25, 0.3) is 0 Å². The number of rotatable bonds is 18. The molecule has 0 saturated heterocycles. The molecule has 10 atom stereocenters. The average molecular weight is 843 g/mol. The van der Waals surface area contributed by atoms with Crippen molar-refractivity contribution in [1.82, 2.24) is 10.6 Å². The number of aliphatic hydroxyl groups excluding tert-OH is 3. The molecular weight excluding hydrogens is 765 g/mol. The van der Waals surface area contributed by atoms with Gasteiger partial charge in [0.05, 0.1) is 18.3 Å². The van der Waals surface area contributed by atoms with Crippen LogP contribution in [0.5, 0.6) is 0 Å². The third-order valence-corrected chi connectivity index (χ3v) is 14.6. The highest BCUT2D eigenvalue weighted by Crippen LogP contribution is 2.67. The second-order valence-electron chi connectivity index (χ2n) is 19.5. The monoisotopic (exact) mass is 843 g/mol. The number of methoxy groups -OCH3 is 1. The van der Waals surface area contributed by atoms with Gasteiger partial charge in [0, 0.05) is 56.1 Å². The molecule has 3 aliphatic carbocycles. The fourth-order valence-electron chi connectivity index (χ4n) is 11.3. The first kappa shape index (κ1) is 49.0. The Morgan fingerprint density at radius 1 is 1.18 bits per heavy atom. The highest BCUT2D eigenvalue weighted by Gasteiger charge is 2.68. The summed E-state index contributed by atoms with van der Waals surface area (Å²) in [7, 11) is 3.63. The Morgan fingerprint density at radius 3 is 2.66 bits per heavy atom. The number of nitrogens with one attached hydrogen (secondary N) is 2. The number of hydrogen-bond donors (Lipinski definition) is 6. The van der Waals surface area contributed by atoms with E-state index in [4.69, 9.17) is 9.47 Å². The molecular formula is C52H78N2O7. The van der Waals surface area contributed by atoms with Gasteiger partial charge in [-0.1, -0.05) is 97.9 Å². The molecule has 9 nitrogen and oxygen atoms in total. The van der Waals surface area contributed by atoms with E-state index in [9.17, 15) is 25.2 Å². The second kappa shape index (κ2) is 22.1. The maximum absolute atomic E-state index is 13.0. The minimum Gasteiger partial charge on any atom is -0.396 e. The fourth-order valence-corrected chi connectivity index (χ4v) is 11.3. The zero-order valence-corrected chi connectivity index (χ0v) is 38.3. The summed E-state index contributed by atoms with van der Waals surface area (Å²) < 4.78 is 11.6. The second-order valence-corrected chi connectivity index (χ2v) is 19.5. The Hall–Kier alpha value is -2.99. The van der Waals surface area contributed by atoms with Gasteiger partial charge in [0.1, 0.15) is 6.29 Å². The van der Waals surface area contributed by atoms with Crippen LogP contribution >= 0.6 is 0 Å². The SMILES string of the molecule is C=C(C=CC=C(CO[C@H](O)CC(C)C)[C@H]1CC[C@]2([C@@H]1O)[C@H]1C(=C(C)C=O)[C@@H](C=C[C@H]1CCO)C[C@]2(O)CCNC)[C@@H]1CC=C(C)CN[C@@](C)(CCOC)Cc2cccc(c2)C1.